The SMILES string of the molecule is CCOC(=O)[C@@H](CCCN=C(N)N)NC. The number of guanidine groups is 1. The molecule has 88 valence electrons. The molecule has 1 atom stereocenters. The third kappa shape index (κ3) is 6.73. The van der Waals surface area contributed by atoms with Crippen LogP contribution in [0.15, 0.2) is 4.99 Å². The number of nitrogens with one attached hydrogen (secondary N) is 1. The molecule has 0 heterocycles. The topological polar surface area (TPSA) is 103 Å². The third-order valence-electron chi connectivity index (χ3n) is 1.86. The van der Waals surface area contributed by atoms with Gasteiger partial charge in [-0.3, -0.25) is 9.79 Å². The molecule has 0 spiro atoms. The summed E-state index contributed by atoms with van der Waals surface area (Å²) in [7, 11) is 1.72. The van der Waals surface area contributed by atoms with Crippen molar-refractivity contribution in [3.8, 4) is 0 Å². The van der Waals surface area contributed by atoms with Gasteiger partial charge >= 0.3 is 5.97 Å². The maximum absolute atomic E-state index is 11.3. The smallest absolute Gasteiger partial charge is 0.323 e. The second-order valence-corrected chi connectivity index (χ2v) is 3.04. The summed E-state index contributed by atoms with van der Waals surface area (Å²) in [6.07, 6.45) is 1.40. The van der Waals surface area contributed by atoms with Gasteiger partial charge in [0.05, 0.1) is 6.61 Å². The Labute approximate surface area is 90.1 Å². The van der Waals surface area contributed by atoms with E-state index in [-0.39, 0.29) is 18.0 Å². The van der Waals surface area contributed by atoms with Crippen molar-refractivity contribution in [1.82, 2.24) is 5.32 Å². The third-order valence-corrected chi connectivity index (χ3v) is 1.86. The maximum Gasteiger partial charge on any atom is 0.323 e. The van der Waals surface area contributed by atoms with Crippen LogP contribution in [0.4, 0.5) is 0 Å². The summed E-state index contributed by atoms with van der Waals surface area (Å²) in [5, 5.41) is 2.89. The quantitative estimate of drug-likeness (QED) is 0.223. The number of hydrogen-bond donors (Lipinski definition) is 3. The van der Waals surface area contributed by atoms with E-state index >= 15 is 0 Å². The number of rotatable bonds is 7. The summed E-state index contributed by atoms with van der Waals surface area (Å²) in [4.78, 5) is 15.2. The lowest BCUT2D eigenvalue weighted by Gasteiger charge is -2.13. The average Bonchev–Trinajstić information content (AvgIpc) is 2.17. The number of nitrogens with zero attached hydrogens (tertiary/aromatic N) is 1. The fourth-order valence-corrected chi connectivity index (χ4v) is 1.13. The van der Waals surface area contributed by atoms with Gasteiger partial charge in [0.25, 0.3) is 0 Å². The van der Waals surface area contributed by atoms with E-state index in [1.165, 1.54) is 0 Å². The molecule has 6 heteroatoms. The average molecular weight is 216 g/mol. The highest BCUT2D eigenvalue weighted by molar-refractivity contribution is 5.76. The van der Waals surface area contributed by atoms with E-state index in [0.717, 1.165) is 6.42 Å². The lowest BCUT2D eigenvalue weighted by molar-refractivity contribution is -0.145. The van der Waals surface area contributed by atoms with Gasteiger partial charge in [-0.2, -0.15) is 0 Å². The molecular formula is C9H20N4O2. The van der Waals surface area contributed by atoms with Crippen molar-refractivity contribution in [2.45, 2.75) is 25.8 Å². The van der Waals surface area contributed by atoms with Gasteiger partial charge in [-0.15, -0.1) is 0 Å². The Morgan fingerprint density at radius 2 is 2.20 bits per heavy atom. The van der Waals surface area contributed by atoms with Gasteiger partial charge in [0, 0.05) is 6.54 Å². The van der Waals surface area contributed by atoms with Crippen LogP contribution in [-0.4, -0.2) is 38.2 Å². The van der Waals surface area contributed by atoms with Crippen molar-refractivity contribution in [2.24, 2.45) is 16.5 Å². The highest BCUT2D eigenvalue weighted by atomic mass is 16.5. The predicted molar refractivity (Wildman–Crippen MR) is 59.4 cm³/mol. The van der Waals surface area contributed by atoms with Gasteiger partial charge in [0.2, 0.25) is 0 Å². The van der Waals surface area contributed by atoms with Crippen LogP contribution in [0.1, 0.15) is 19.8 Å². The molecule has 15 heavy (non-hydrogen) atoms. The molecule has 0 saturated carbocycles. The normalized spacial score (nSPS) is 11.9. The first kappa shape index (κ1) is 13.7. The largest absolute Gasteiger partial charge is 0.465 e. The van der Waals surface area contributed by atoms with Crippen molar-refractivity contribution in [3.05, 3.63) is 0 Å². The predicted octanol–water partition coefficient (Wildman–Crippen LogP) is -0.809. The van der Waals surface area contributed by atoms with Crippen LogP contribution in [0.25, 0.3) is 0 Å². The lowest BCUT2D eigenvalue weighted by atomic mass is 10.1. The van der Waals surface area contributed by atoms with Gasteiger partial charge in [-0.1, -0.05) is 0 Å². The van der Waals surface area contributed by atoms with Crippen molar-refractivity contribution in [1.29, 1.82) is 0 Å². The number of hydrogen-bond acceptors (Lipinski definition) is 4. The Morgan fingerprint density at radius 3 is 2.67 bits per heavy atom. The highest BCUT2D eigenvalue weighted by Crippen LogP contribution is 1.99. The minimum absolute atomic E-state index is 0.0761. The molecule has 0 aromatic heterocycles. The van der Waals surface area contributed by atoms with E-state index in [9.17, 15) is 4.79 Å². The summed E-state index contributed by atoms with van der Waals surface area (Å²) >= 11 is 0. The number of carbonyl (C=O) groups is 1. The van der Waals surface area contributed by atoms with E-state index < -0.39 is 0 Å². The summed E-state index contributed by atoms with van der Waals surface area (Å²) in [6.45, 7) is 2.70. The minimum Gasteiger partial charge on any atom is -0.465 e. The van der Waals surface area contributed by atoms with Crippen LogP contribution in [-0.2, 0) is 9.53 Å². The second-order valence-electron chi connectivity index (χ2n) is 3.04. The lowest BCUT2D eigenvalue weighted by Crippen LogP contribution is -2.35. The van der Waals surface area contributed by atoms with Gasteiger partial charge in [-0.25, -0.2) is 0 Å². The van der Waals surface area contributed by atoms with Gasteiger partial charge in [0.15, 0.2) is 5.96 Å². The molecule has 0 bridgehead atoms. The molecule has 6 nitrogen and oxygen atoms in total. The Balaban J connectivity index is 3.80. The minimum atomic E-state index is -0.279. The van der Waals surface area contributed by atoms with E-state index in [1.54, 1.807) is 14.0 Å². The first-order valence-corrected chi connectivity index (χ1v) is 5.01. The zero-order chi connectivity index (χ0) is 11.7. The van der Waals surface area contributed by atoms with Gasteiger partial charge in [-0.05, 0) is 26.8 Å². The number of carbonyl (C=O) groups excluding carboxylic acids is 1. The summed E-state index contributed by atoms with van der Waals surface area (Å²) in [6, 6.07) is -0.279. The van der Waals surface area contributed by atoms with Crippen LogP contribution in [0.2, 0.25) is 0 Å². The molecule has 0 rings (SSSR count). The standard InChI is InChI=1S/C9H20N4O2/c1-3-15-8(14)7(12-2)5-4-6-13-9(10)11/h7,12H,3-6H2,1-2H3,(H4,10,11,13)/t7-/m1/s1. The molecular weight excluding hydrogens is 196 g/mol. The number of esters is 1. The summed E-state index contributed by atoms with van der Waals surface area (Å²) in [5.74, 6) is -0.156. The second kappa shape index (κ2) is 8.05. The van der Waals surface area contributed by atoms with Crippen LogP contribution in [0.5, 0.6) is 0 Å². The van der Waals surface area contributed by atoms with E-state index in [1.807, 2.05) is 0 Å². The first-order chi connectivity index (χ1) is 7.11. The number of ether oxygens (including phenoxy) is 1. The fourth-order valence-electron chi connectivity index (χ4n) is 1.13. The van der Waals surface area contributed by atoms with Crippen LogP contribution < -0.4 is 16.8 Å². The molecule has 0 aliphatic heterocycles. The van der Waals surface area contributed by atoms with E-state index in [4.69, 9.17) is 16.2 Å². The van der Waals surface area contributed by atoms with Gasteiger partial charge < -0.3 is 21.5 Å². The van der Waals surface area contributed by atoms with E-state index in [2.05, 4.69) is 10.3 Å². The first-order valence-electron chi connectivity index (χ1n) is 5.01. The van der Waals surface area contributed by atoms with Crippen LogP contribution in [0.3, 0.4) is 0 Å². The molecule has 0 amide bonds. The Hall–Kier alpha value is -1.30. The Bertz CT molecular complexity index is 214. The zero-order valence-corrected chi connectivity index (χ0v) is 9.32. The number of likely N-dealkylation sites (N-methyl/N-ethyl adjacent to an activating group) is 1. The molecule has 0 aliphatic carbocycles. The molecule has 0 fully saturated rings. The molecule has 0 aromatic carbocycles. The van der Waals surface area contributed by atoms with Crippen molar-refractivity contribution < 1.29 is 9.53 Å². The van der Waals surface area contributed by atoms with Crippen LogP contribution in [0, 0.1) is 0 Å². The highest BCUT2D eigenvalue weighted by Gasteiger charge is 2.16. The van der Waals surface area contributed by atoms with Crippen molar-refractivity contribution in [2.75, 3.05) is 20.2 Å². The fraction of sp³-hybridized carbons (Fsp3) is 0.778. The van der Waals surface area contributed by atoms with Crippen molar-refractivity contribution >= 4 is 11.9 Å². The monoisotopic (exact) mass is 216 g/mol. The molecule has 5 N–H and O–H groups in total. The molecule has 0 saturated heterocycles. The Kier molecular flexibility index (Phi) is 7.35. The maximum atomic E-state index is 11.3. The van der Waals surface area contributed by atoms with Gasteiger partial charge in [0.1, 0.15) is 6.04 Å². The zero-order valence-electron chi connectivity index (χ0n) is 9.32. The van der Waals surface area contributed by atoms with E-state index in [0.29, 0.717) is 19.6 Å². The number of aliphatic imine (C=N–C) groups is 1. The molecule has 0 aliphatic rings. The molecule has 0 aromatic rings. The Morgan fingerprint density at radius 1 is 1.53 bits per heavy atom. The summed E-state index contributed by atoms with van der Waals surface area (Å²) < 4.78 is 4.89. The number of nitrogens with two attached hydrogens (primary N) is 2. The molecule has 0 radical (unpaired) electrons. The summed E-state index contributed by atoms with van der Waals surface area (Å²) in [5.41, 5.74) is 10.3. The van der Waals surface area contributed by atoms with Crippen molar-refractivity contribution in [3.63, 3.8) is 0 Å². The van der Waals surface area contributed by atoms with Crippen LogP contribution >= 0.6 is 0 Å². The molecule has 0 unspecified atom stereocenters.